The van der Waals surface area contributed by atoms with Crippen LogP contribution < -0.4 is 14.4 Å². The first kappa shape index (κ1) is 32.7. The van der Waals surface area contributed by atoms with Crippen LogP contribution in [0.2, 0.25) is 5.02 Å². The SMILES string of the molecule is CCOc1ccc(N(CC(=O)N(Cc2ccccc2Cl)[C@@H](C)C(=O)NC2CCCC2)S(=O)(=O)c2ccc(SC)cc2)cc1. The lowest BCUT2D eigenvalue weighted by atomic mass is 10.1. The Morgan fingerprint density at radius 1 is 1.02 bits per heavy atom. The van der Waals surface area contributed by atoms with Gasteiger partial charge in [0.15, 0.2) is 0 Å². The third-order valence-electron chi connectivity index (χ3n) is 7.53. The molecule has 0 heterocycles. The number of rotatable bonds is 13. The topological polar surface area (TPSA) is 96.0 Å². The zero-order chi connectivity index (χ0) is 31.0. The molecule has 1 N–H and O–H groups in total. The molecule has 43 heavy (non-hydrogen) atoms. The van der Waals surface area contributed by atoms with Crippen LogP contribution in [0.3, 0.4) is 0 Å². The zero-order valence-corrected chi connectivity index (χ0v) is 27.1. The van der Waals surface area contributed by atoms with Gasteiger partial charge in [-0.25, -0.2) is 8.42 Å². The number of amides is 2. The summed E-state index contributed by atoms with van der Waals surface area (Å²) in [4.78, 5) is 29.9. The van der Waals surface area contributed by atoms with Crippen LogP contribution in [-0.2, 0) is 26.2 Å². The van der Waals surface area contributed by atoms with Gasteiger partial charge in [0.1, 0.15) is 18.3 Å². The minimum atomic E-state index is -4.17. The quantitative estimate of drug-likeness (QED) is 0.225. The summed E-state index contributed by atoms with van der Waals surface area (Å²) in [5, 5.41) is 3.52. The van der Waals surface area contributed by atoms with E-state index in [2.05, 4.69) is 5.32 Å². The van der Waals surface area contributed by atoms with Crippen molar-refractivity contribution in [3.05, 3.63) is 83.4 Å². The number of carbonyl (C=O) groups is 2. The molecule has 0 aromatic heterocycles. The fraction of sp³-hybridized carbons (Fsp3) is 0.375. The Morgan fingerprint density at radius 3 is 2.28 bits per heavy atom. The Balaban J connectivity index is 1.70. The van der Waals surface area contributed by atoms with Crippen LogP contribution >= 0.6 is 23.4 Å². The Labute approximate surface area is 263 Å². The third-order valence-corrected chi connectivity index (χ3v) is 10.4. The maximum absolute atomic E-state index is 14.1. The van der Waals surface area contributed by atoms with Gasteiger partial charge >= 0.3 is 0 Å². The lowest BCUT2D eigenvalue weighted by molar-refractivity contribution is -0.139. The number of anilines is 1. The van der Waals surface area contributed by atoms with Crippen LogP contribution in [0.1, 0.15) is 45.1 Å². The molecule has 0 unspecified atom stereocenters. The number of hydrogen-bond acceptors (Lipinski definition) is 6. The maximum atomic E-state index is 14.1. The van der Waals surface area contributed by atoms with Gasteiger partial charge in [0.05, 0.1) is 17.2 Å². The molecule has 0 radical (unpaired) electrons. The first-order valence-electron chi connectivity index (χ1n) is 14.4. The van der Waals surface area contributed by atoms with E-state index in [-0.39, 0.29) is 23.4 Å². The summed E-state index contributed by atoms with van der Waals surface area (Å²) in [5.41, 5.74) is 0.952. The largest absolute Gasteiger partial charge is 0.494 e. The van der Waals surface area contributed by atoms with E-state index >= 15 is 0 Å². The van der Waals surface area contributed by atoms with E-state index in [1.807, 2.05) is 19.2 Å². The van der Waals surface area contributed by atoms with E-state index in [0.717, 1.165) is 34.9 Å². The van der Waals surface area contributed by atoms with Gasteiger partial charge in [0.2, 0.25) is 11.8 Å². The number of hydrogen-bond donors (Lipinski definition) is 1. The minimum absolute atomic E-state index is 0.0390. The molecule has 3 aromatic carbocycles. The molecular formula is C32H38ClN3O5S2. The fourth-order valence-electron chi connectivity index (χ4n) is 5.06. The summed E-state index contributed by atoms with van der Waals surface area (Å²) in [6.45, 7) is 3.50. The molecule has 3 aromatic rings. The van der Waals surface area contributed by atoms with Crippen molar-refractivity contribution in [2.24, 2.45) is 0 Å². The van der Waals surface area contributed by atoms with Crippen LogP contribution in [0.4, 0.5) is 5.69 Å². The number of thioether (sulfide) groups is 1. The van der Waals surface area contributed by atoms with Crippen LogP contribution in [0.25, 0.3) is 0 Å². The first-order chi connectivity index (χ1) is 20.6. The average Bonchev–Trinajstić information content (AvgIpc) is 3.52. The molecule has 0 spiro atoms. The molecular weight excluding hydrogens is 606 g/mol. The molecule has 0 aliphatic heterocycles. The maximum Gasteiger partial charge on any atom is 0.264 e. The van der Waals surface area contributed by atoms with Crippen molar-refractivity contribution in [1.82, 2.24) is 10.2 Å². The lowest BCUT2D eigenvalue weighted by Crippen LogP contribution is -2.52. The van der Waals surface area contributed by atoms with Crippen LogP contribution in [0.15, 0.2) is 82.6 Å². The lowest BCUT2D eigenvalue weighted by Gasteiger charge is -2.32. The molecule has 230 valence electrons. The highest BCUT2D eigenvalue weighted by atomic mass is 35.5. The van der Waals surface area contributed by atoms with Gasteiger partial charge < -0.3 is 15.0 Å². The van der Waals surface area contributed by atoms with Gasteiger partial charge in [-0.05, 0) is 93.1 Å². The molecule has 0 bridgehead atoms. The molecule has 0 saturated heterocycles. The van der Waals surface area contributed by atoms with Crippen molar-refractivity contribution in [3.63, 3.8) is 0 Å². The van der Waals surface area contributed by atoms with Crippen molar-refractivity contribution in [1.29, 1.82) is 0 Å². The normalized spacial score (nSPS) is 14.2. The van der Waals surface area contributed by atoms with Gasteiger partial charge in [-0.15, -0.1) is 11.8 Å². The van der Waals surface area contributed by atoms with Crippen molar-refractivity contribution < 1.29 is 22.7 Å². The third kappa shape index (κ3) is 8.25. The summed E-state index contributed by atoms with van der Waals surface area (Å²) in [6.07, 6.45) is 5.81. The highest BCUT2D eigenvalue weighted by Gasteiger charge is 2.33. The van der Waals surface area contributed by atoms with E-state index in [1.165, 1.54) is 28.8 Å². The van der Waals surface area contributed by atoms with Crippen LogP contribution in [-0.4, -0.2) is 56.6 Å². The summed E-state index contributed by atoms with van der Waals surface area (Å²) in [7, 11) is -4.17. The van der Waals surface area contributed by atoms with E-state index in [9.17, 15) is 18.0 Å². The van der Waals surface area contributed by atoms with Crippen molar-refractivity contribution in [2.45, 2.75) is 68.0 Å². The van der Waals surface area contributed by atoms with Crippen LogP contribution in [0, 0.1) is 0 Å². The summed E-state index contributed by atoms with van der Waals surface area (Å²) >= 11 is 7.96. The fourth-order valence-corrected chi connectivity index (χ4v) is 7.08. The van der Waals surface area contributed by atoms with E-state index in [1.54, 1.807) is 61.5 Å². The van der Waals surface area contributed by atoms with Crippen molar-refractivity contribution in [2.75, 3.05) is 23.7 Å². The monoisotopic (exact) mass is 643 g/mol. The number of nitrogens with zero attached hydrogens (tertiary/aromatic N) is 2. The standard InChI is InChI=1S/C32H38ClN3O5S2/c1-4-41-27-15-13-26(14-16-27)36(43(39,40)29-19-17-28(42-3)18-20-29)22-31(37)35(21-24-9-5-8-12-30(24)33)23(2)32(38)34-25-10-6-7-11-25/h5,8-9,12-20,23,25H,4,6-7,10-11,21-22H2,1-3H3,(H,34,38)/t23-/m0/s1. The van der Waals surface area contributed by atoms with Gasteiger partial charge in [0.25, 0.3) is 10.0 Å². The van der Waals surface area contributed by atoms with Crippen molar-refractivity contribution in [3.8, 4) is 5.75 Å². The second kappa shape index (κ2) is 15.0. The number of nitrogens with one attached hydrogen (secondary N) is 1. The summed E-state index contributed by atoms with van der Waals surface area (Å²) in [6, 6.07) is 19.4. The number of halogens is 1. The molecule has 1 fully saturated rings. The molecule has 4 rings (SSSR count). The van der Waals surface area contributed by atoms with Gasteiger partial charge in [0, 0.05) is 22.5 Å². The Bertz CT molecular complexity index is 1490. The number of sulfonamides is 1. The van der Waals surface area contributed by atoms with E-state index in [0.29, 0.717) is 28.6 Å². The highest BCUT2D eigenvalue weighted by molar-refractivity contribution is 7.98. The van der Waals surface area contributed by atoms with Gasteiger partial charge in [-0.3, -0.25) is 13.9 Å². The Kier molecular flexibility index (Phi) is 11.4. The zero-order valence-electron chi connectivity index (χ0n) is 24.7. The second-order valence-electron chi connectivity index (χ2n) is 10.4. The molecule has 1 aliphatic rings. The van der Waals surface area contributed by atoms with E-state index < -0.39 is 28.5 Å². The average molecular weight is 644 g/mol. The predicted octanol–water partition coefficient (Wildman–Crippen LogP) is 6.13. The number of benzene rings is 3. The summed E-state index contributed by atoms with van der Waals surface area (Å²) < 4.78 is 34.8. The minimum Gasteiger partial charge on any atom is -0.494 e. The smallest absolute Gasteiger partial charge is 0.264 e. The molecule has 2 amide bonds. The van der Waals surface area contributed by atoms with Crippen LogP contribution in [0.5, 0.6) is 5.75 Å². The highest BCUT2D eigenvalue weighted by Crippen LogP contribution is 2.28. The number of carbonyl (C=O) groups excluding carboxylic acids is 2. The predicted molar refractivity (Wildman–Crippen MR) is 172 cm³/mol. The molecule has 1 saturated carbocycles. The number of ether oxygens (including phenoxy) is 1. The molecule has 11 heteroatoms. The van der Waals surface area contributed by atoms with Gasteiger partial charge in [-0.2, -0.15) is 0 Å². The van der Waals surface area contributed by atoms with Crippen molar-refractivity contribution >= 4 is 50.9 Å². The first-order valence-corrected chi connectivity index (χ1v) is 17.4. The summed E-state index contributed by atoms with van der Waals surface area (Å²) in [5.74, 6) is -0.237. The molecule has 8 nitrogen and oxygen atoms in total. The van der Waals surface area contributed by atoms with Gasteiger partial charge in [-0.1, -0.05) is 42.6 Å². The molecule has 1 atom stereocenters. The second-order valence-corrected chi connectivity index (χ2v) is 13.5. The Hall–Kier alpha value is -3.21. The Morgan fingerprint density at radius 2 is 1.67 bits per heavy atom. The molecule has 1 aliphatic carbocycles. The van der Waals surface area contributed by atoms with E-state index in [4.69, 9.17) is 16.3 Å².